The third-order valence-corrected chi connectivity index (χ3v) is 9.41. The number of hydrogen-bond acceptors (Lipinski definition) is 9. The van der Waals surface area contributed by atoms with Crippen LogP contribution in [0.25, 0.3) is 6.08 Å². The Morgan fingerprint density at radius 3 is 2.42 bits per heavy atom. The van der Waals surface area contributed by atoms with Gasteiger partial charge in [-0.1, -0.05) is 45.5 Å². The lowest BCUT2D eigenvalue weighted by atomic mass is 9.95. The minimum atomic E-state index is -0.801. The van der Waals surface area contributed by atoms with Gasteiger partial charge in [-0.15, -0.1) is 0 Å². The van der Waals surface area contributed by atoms with E-state index >= 15 is 0 Å². The molecule has 0 fully saturated rings. The largest absolute Gasteiger partial charge is 0.493 e. The molecule has 0 N–H and O–H groups in total. The minimum Gasteiger partial charge on any atom is -0.493 e. The number of fused-ring (bicyclic) bond motifs is 1. The van der Waals surface area contributed by atoms with Gasteiger partial charge in [-0.05, 0) is 110 Å². The second-order valence-corrected chi connectivity index (χ2v) is 13.8. The quantitative estimate of drug-likeness (QED) is 0.141. The van der Waals surface area contributed by atoms with Crippen LogP contribution in [-0.2, 0) is 16.1 Å². The van der Waals surface area contributed by atoms with E-state index in [0.717, 1.165) is 15.6 Å². The van der Waals surface area contributed by atoms with E-state index in [-0.39, 0.29) is 23.8 Å². The van der Waals surface area contributed by atoms with E-state index in [1.807, 2.05) is 63.2 Å². The number of carbonyl (C=O) groups excluding carboxylic acids is 1. The summed E-state index contributed by atoms with van der Waals surface area (Å²) in [5.41, 5.74) is 2.84. The molecule has 252 valence electrons. The van der Waals surface area contributed by atoms with Gasteiger partial charge in [-0.3, -0.25) is 9.36 Å². The van der Waals surface area contributed by atoms with Crippen LogP contribution < -0.4 is 33.8 Å². The molecule has 0 unspecified atom stereocenters. The first-order valence-corrected chi connectivity index (χ1v) is 17.8. The van der Waals surface area contributed by atoms with Crippen LogP contribution in [0.15, 0.2) is 84.6 Å². The van der Waals surface area contributed by atoms with E-state index in [1.54, 1.807) is 43.7 Å². The van der Waals surface area contributed by atoms with Crippen LogP contribution in [0.3, 0.4) is 0 Å². The summed E-state index contributed by atoms with van der Waals surface area (Å²) >= 11 is 8.35. The molecule has 0 saturated carbocycles. The Balaban J connectivity index is 1.60. The van der Waals surface area contributed by atoms with Gasteiger partial charge >= 0.3 is 5.97 Å². The highest BCUT2D eigenvalue weighted by Crippen LogP contribution is 2.39. The van der Waals surface area contributed by atoms with Crippen molar-refractivity contribution >= 4 is 55.2 Å². The van der Waals surface area contributed by atoms with E-state index < -0.39 is 12.0 Å². The number of allylic oxidation sites excluding steroid dienone is 1. The Morgan fingerprint density at radius 2 is 1.75 bits per heavy atom. The number of hydrogen-bond donors (Lipinski definition) is 0. The molecular formula is C36H36Br2N2O7S. The Kier molecular flexibility index (Phi) is 11.5. The summed E-state index contributed by atoms with van der Waals surface area (Å²) in [6, 6.07) is 16.2. The predicted molar refractivity (Wildman–Crippen MR) is 193 cm³/mol. The molecule has 3 aromatic carbocycles. The average Bonchev–Trinajstić information content (AvgIpc) is 3.34. The second-order valence-electron chi connectivity index (χ2n) is 11.1. The fourth-order valence-corrected chi connectivity index (χ4v) is 7.16. The molecule has 12 heteroatoms. The van der Waals surface area contributed by atoms with E-state index in [0.29, 0.717) is 61.3 Å². The summed E-state index contributed by atoms with van der Waals surface area (Å²) in [5, 5.41) is 0. The van der Waals surface area contributed by atoms with Crippen molar-refractivity contribution in [3.05, 3.63) is 111 Å². The van der Waals surface area contributed by atoms with Crippen molar-refractivity contribution in [2.45, 2.75) is 53.4 Å². The first-order valence-electron chi connectivity index (χ1n) is 15.4. The van der Waals surface area contributed by atoms with Crippen molar-refractivity contribution in [1.29, 1.82) is 0 Å². The van der Waals surface area contributed by atoms with Crippen LogP contribution in [0.1, 0.15) is 57.4 Å². The molecule has 0 radical (unpaired) electrons. The third-order valence-electron chi connectivity index (χ3n) is 7.31. The zero-order valence-corrected chi connectivity index (χ0v) is 31.5. The molecule has 0 bridgehead atoms. The zero-order valence-electron chi connectivity index (χ0n) is 27.5. The molecule has 5 rings (SSSR count). The highest BCUT2D eigenvalue weighted by Gasteiger charge is 2.34. The molecule has 1 aliphatic rings. The molecule has 9 nitrogen and oxygen atoms in total. The average molecular weight is 801 g/mol. The van der Waals surface area contributed by atoms with Gasteiger partial charge in [-0.2, -0.15) is 0 Å². The maximum absolute atomic E-state index is 14.2. The number of nitrogens with zero attached hydrogens (tertiary/aromatic N) is 2. The lowest BCUT2D eigenvalue weighted by Crippen LogP contribution is -2.40. The number of rotatable bonds is 12. The SMILES string of the molecule is CCOC(=O)C1=C(C)N=c2s/c(=C\c3cc(Br)c(OCc4ccc(Br)cc4)c(OCC)c3)c(=O)n2[C@H]1c1ccc(OC(C)C)c(OC)c1. The molecule has 1 aromatic heterocycles. The molecule has 48 heavy (non-hydrogen) atoms. The molecule has 0 amide bonds. The summed E-state index contributed by atoms with van der Waals surface area (Å²) in [7, 11) is 1.55. The van der Waals surface area contributed by atoms with Gasteiger partial charge in [0.1, 0.15) is 6.61 Å². The van der Waals surface area contributed by atoms with Gasteiger partial charge in [0, 0.05) is 4.47 Å². The van der Waals surface area contributed by atoms with Crippen LogP contribution >= 0.6 is 43.2 Å². The number of thiazole rings is 1. The van der Waals surface area contributed by atoms with Crippen LogP contribution in [0.2, 0.25) is 0 Å². The first kappa shape index (κ1) is 35.4. The van der Waals surface area contributed by atoms with Crippen molar-refractivity contribution in [2.75, 3.05) is 20.3 Å². The molecular weight excluding hydrogens is 764 g/mol. The molecule has 1 atom stereocenters. The number of aromatic nitrogens is 1. The van der Waals surface area contributed by atoms with Gasteiger partial charge in [0.05, 0.1) is 52.7 Å². The zero-order chi connectivity index (χ0) is 34.5. The number of ether oxygens (including phenoxy) is 5. The Morgan fingerprint density at radius 1 is 1.00 bits per heavy atom. The van der Waals surface area contributed by atoms with Gasteiger partial charge in [0.2, 0.25) is 0 Å². The summed E-state index contributed by atoms with van der Waals surface area (Å²) in [6.07, 6.45) is 1.71. The lowest BCUT2D eigenvalue weighted by molar-refractivity contribution is -0.139. The minimum absolute atomic E-state index is 0.0740. The van der Waals surface area contributed by atoms with Crippen molar-refractivity contribution in [1.82, 2.24) is 4.57 Å². The van der Waals surface area contributed by atoms with Crippen LogP contribution in [0, 0.1) is 0 Å². The number of esters is 1. The number of carbonyl (C=O) groups is 1. The Bertz CT molecular complexity index is 2030. The second kappa shape index (κ2) is 15.6. The van der Waals surface area contributed by atoms with Crippen molar-refractivity contribution < 1.29 is 28.5 Å². The van der Waals surface area contributed by atoms with E-state index in [9.17, 15) is 9.59 Å². The normalized spacial score (nSPS) is 14.4. The van der Waals surface area contributed by atoms with Gasteiger partial charge < -0.3 is 23.7 Å². The molecule has 1 aliphatic heterocycles. The Hall–Kier alpha value is -3.87. The maximum Gasteiger partial charge on any atom is 0.338 e. The van der Waals surface area contributed by atoms with E-state index in [2.05, 4.69) is 31.9 Å². The molecule has 2 heterocycles. The maximum atomic E-state index is 14.2. The highest BCUT2D eigenvalue weighted by atomic mass is 79.9. The van der Waals surface area contributed by atoms with Crippen molar-refractivity contribution in [3.63, 3.8) is 0 Å². The first-order chi connectivity index (χ1) is 23.0. The van der Waals surface area contributed by atoms with Crippen LogP contribution in [0.5, 0.6) is 23.0 Å². The fraction of sp³-hybridized carbons (Fsp3) is 0.306. The van der Waals surface area contributed by atoms with Gasteiger partial charge in [-0.25, -0.2) is 9.79 Å². The van der Waals surface area contributed by atoms with Gasteiger partial charge in [0.25, 0.3) is 5.56 Å². The smallest absolute Gasteiger partial charge is 0.338 e. The lowest BCUT2D eigenvalue weighted by Gasteiger charge is -2.25. The Labute approximate surface area is 299 Å². The van der Waals surface area contributed by atoms with Gasteiger partial charge in [0.15, 0.2) is 27.8 Å². The monoisotopic (exact) mass is 798 g/mol. The van der Waals surface area contributed by atoms with E-state index in [4.69, 9.17) is 28.7 Å². The number of halogens is 2. The standard InChI is InChI=1S/C36H36Br2N2O7S/c1-7-44-29-16-23(15-26(38)33(29)46-19-22-9-12-25(37)13-10-22)17-30-34(41)40-32(24-11-14-27(47-20(3)4)28(18-24)43-6)31(35(42)45-8-2)21(5)39-36(40)48-30/h9-18,20,32H,7-8,19H2,1-6H3/b30-17-/t32-/m0/s1. The fourth-order valence-electron chi connectivity index (χ4n) is 5.27. The van der Waals surface area contributed by atoms with Crippen LogP contribution in [-0.4, -0.2) is 37.0 Å². The summed E-state index contributed by atoms with van der Waals surface area (Å²) < 4.78 is 32.8. The number of methoxy groups -OCH3 is 1. The van der Waals surface area contributed by atoms with E-state index in [1.165, 1.54) is 11.3 Å². The summed E-state index contributed by atoms with van der Waals surface area (Å²) in [6.45, 7) is 10.2. The molecule has 0 aliphatic carbocycles. The highest BCUT2D eigenvalue weighted by molar-refractivity contribution is 9.10. The molecule has 0 saturated heterocycles. The number of benzene rings is 3. The topological polar surface area (TPSA) is 97.6 Å². The van der Waals surface area contributed by atoms with Crippen molar-refractivity contribution in [2.24, 2.45) is 4.99 Å². The third kappa shape index (κ3) is 7.71. The predicted octanol–water partition coefficient (Wildman–Crippen LogP) is 7.10. The summed E-state index contributed by atoms with van der Waals surface area (Å²) in [4.78, 5) is 32.7. The van der Waals surface area contributed by atoms with Crippen LogP contribution in [0.4, 0.5) is 0 Å². The molecule has 4 aromatic rings. The molecule has 0 spiro atoms. The van der Waals surface area contributed by atoms with Crippen molar-refractivity contribution in [3.8, 4) is 23.0 Å². The summed E-state index contributed by atoms with van der Waals surface area (Å²) in [5.74, 6) is 1.60.